The van der Waals surface area contributed by atoms with E-state index in [-0.39, 0.29) is 6.42 Å². The summed E-state index contributed by atoms with van der Waals surface area (Å²) in [5.74, 6) is -0.401. The number of aryl methyl sites for hydroxylation is 1. The quantitative estimate of drug-likeness (QED) is 0.808. The van der Waals surface area contributed by atoms with Crippen molar-refractivity contribution in [2.24, 2.45) is 0 Å². The lowest BCUT2D eigenvalue weighted by Crippen LogP contribution is -2.05. The van der Waals surface area contributed by atoms with Crippen LogP contribution < -0.4 is 0 Å². The number of hydrogen-bond acceptors (Lipinski definition) is 4. The molecule has 0 saturated heterocycles. The van der Waals surface area contributed by atoms with E-state index in [1.54, 1.807) is 0 Å². The van der Waals surface area contributed by atoms with Crippen molar-refractivity contribution < 1.29 is 22.7 Å². The summed E-state index contributed by atoms with van der Waals surface area (Å²) in [6, 6.07) is 4.80. The molecular weight excluding hydrogens is 303 g/mol. The second-order valence-electron chi connectivity index (χ2n) is 4.35. The molecule has 0 saturated carbocycles. The third kappa shape index (κ3) is 3.60. The van der Waals surface area contributed by atoms with Crippen LogP contribution in [-0.2, 0) is 22.1 Å². The smallest absolute Gasteiger partial charge is 0.416 e. The molecule has 21 heavy (non-hydrogen) atoms. The molecule has 3 nitrogen and oxygen atoms in total. The van der Waals surface area contributed by atoms with Gasteiger partial charge in [-0.15, -0.1) is 11.3 Å². The summed E-state index contributed by atoms with van der Waals surface area (Å²) in [7, 11) is 1.29. The van der Waals surface area contributed by atoms with Gasteiger partial charge in [0, 0.05) is 10.4 Å². The third-order valence-electron chi connectivity index (χ3n) is 2.89. The first-order chi connectivity index (χ1) is 9.81. The lowest BCUT2D eigenvalue weighted by atomic mass is 10.1. The van der Waals surface area contributed by atoms with Crippen molar-refractivity contribution in [3.8, 4) is 10.6 Å². The van der Waals surface area contributed by atoms with Gasteiger partial charge in [0.2, 0.25) is 0 Å². The Bertz CT molecular complexity index is 647. The van der Waals surface area contributed by atoms with E-state index in [2.05, 4.69) is 9.72 Å². The highest BCUT2D eigenvalue weighted by atomic mass is 32.1. The molecule has 0 unspecified atom stereocenters. The molecule has 1 heterocycles. The van der Waals surface area contributed by atoms with Crippen molar-refractivity contribution in [2.75, 3.05) is 7.11 Å². The molecule has 1 aromatic carbocycles. The molecule has 0 amide bonds. The standard InChI is InChI=1S/C14H12F3NO2S/c1-8-11(7-12(19)20-2)18-13(21-8)9-3-5-10(6-4-9)14(15,16)17/h3-6H,7H2,1-2H3. The summed E-state index contributed by atoms with van der Waals surface area (Å²) in [6.45, 7) is 1.81. The van der Waals surface area contributed by atoms with Gasteiger partial charge in [-0.05, 0) is 19.1 Å². The van der Waals surface area contributed by atoms with Crippen molar-refractivity contribution in [3.63, 3.8) is 0 Å². The molecule has 1 aromatic heterocycles. The molecule has 0 N–H and O–H groups in total. The van der Waals surface area contributed by atoms with Crippen LogP contribution in [0.15, 0.2) is 24.3 Å². The van der Waals surface area contributed by atoms with Gasteiger partial charge in [0.15, 0.2) is 0 Å². The third-order valence-corrected chi connectivity index (χ3v) is 3.95. The van der Waals surface area contributed by atoms with Crippen LogP contribution in [-0.4, -0.2) is 18.1 Å². The molecule has 0 aliphatic heterocycles. The maximum Gasteiger partial charge on any atom is 0.416 e. The minimum Gasteiger partial charge on any atom is -0.469 e. The number of thiazole rings is 1. The van der Waals surface area contributed by atoms with Crippen LogP contribution in [0.5, 0.6) is 0 Å². The summed E-state index contributed by atoms with van der Waals surface area (Å²) >= 11 is 1.33. The summed E-state index contributed by atoms with van der Waals surface area (Å²) in [4.78, 5) is 16.4. The van der Waals surface area contributed by atoms with Crippen LogP contribution in [0.2, 0.25) is 0 Å². The lowest BCUT2D eigenvalue weighted by Gasteiger charge is -2.06. The fraction of sp³-hybridized carbons (Fsp3) is 0.286. The SMILES string of the molecule is COC(=O)Cc1nc(-c2ccc(C(F)(F)F)cc2)sc1C. The predicted molar refractivity (Wildman–Crippen MR) is 73.0 cm³/mol. The average Bonchev–Trinajstić information content (AvgIpc) is 2.79. The van der Waals surface area contributed by atoms with Crippen molar-refractivity contribution >= 4 is 17.3 Å². The second kappa shape index (κ2) is 5.85. The van der Waals surface area contributed by atoms with Crippen LogP contribution in [0.1, 0.15) is 16.1 Å². The first kappa shape index (κ1) is 15.5. The van der Waals surface area contributed by atoms with Gasteiger partial charge in [0.1, 0.15) is 5.01 Å². The number of methoxy groups -OCH3 is 1. The highest BCUT2D eigenvalue weighted by Crippen LogP contribution is 2.32. The number of benzene rings is 1. The number of ether oxygens (including phenoxy) is 1. The van der Waals surface area contributed by atoms with Gasteiger partial charge in [0.05, 0.1) is 24.8 Å². The van der Waals surface area contributed by atoms with E-state index in [1.807, 2.05) is 6.92 Å². The largest absolute Gasteiger partial charge is 0.469 e. The Morgan fingerprint density at radius 2 is 1.90 bits per heavy atom. The molecule has 2 aromatic rings. The van der Waals surface area contributed by atoms with E-state index in [0.29, 0.717) is 16.3 Å². The normalized spacial score (nSPS) is 11.5. The van der Waals surface area contributed by atoms with Crippen molar-refractivity contribution in [1.82, 2.24) is 4.98 Å². The molecular formula is C14H12F3NO2S. The van der Waals surface area contributed by atoms with Gasteiger partial charge in [-0.2, -0.15) is 13.2 Å². The van der Waals surface area contributed by atoms with E-state index >= 15 is 0 Å². The molecule has 2 rings (SSSR count). The van der Waals surface area contributed by atoms with Gasteiger partial charge < -0.3 is 4.74 Å². The van der Waals surface area contributed by atoms with Gasteiger partial charge in [-0.1, -0.05) is 12.1 Å². The molecule has 0 fully saturated rings. The van der Waals surface area contributed by atoms with Crippen LogP contribution in [0.25, 0.3) is 10.6 Å². The summed E-state index contributed by atoms with van der Waals surface area (Å²) < 4.78 is 42.1. The van der Waals surface area contributed by atoms with E-state index in [1.165, 1.54) is 30.6 Å². The van der Waals surface area contributed by atoms with Crippen molar-refractivity contribution in [3.05, 3.63) is 40.4 Å². The van der Waals surface area contributed by atoms with Gasteiger partial charge in [0.25, 0.3) is 0 Å². The molecule has 0 aliphatic rings. The second-order valence-corrected chi connectivity index (χ2v) is 5.55. The van der Waals surface area contributed by atoms with E-state index in [4.69, 9.17) is 0 Å². The Balaban J connectivity index is 2.26. The van der Waals surface area contributed by atoms with Gasteiger partial charge in [-0.25, -0.2) is 4.98 Å². The number of hydrogen-bond donors (Lipinski definition) is 0. The monoisotopic (exact) mass is 315 g/mol. The predicted octanol–water partition coefficient (Wildman–Crippen LogP) is 3.85. The molecule has 0 spiro atoms. The lowest BCUT2D eigenvalue weighted by molar-refractivity contribution is -0.140. The first-order valence-corrected chi connectivity index (χ1v) is 6.83. The molecule has 112 valence electrons. The van der Waals surface area contributed by atoms with Gasteiger partial charge >= 0.3 is 12.1 Å². The van der Waals surface area contributed by atoms with Crippen molar-refractivity contribution in [1.29, 1.82) is 0 Å². The van der Waals surface area contributed by atoms with E-state index < -0.39 is 17.7 Å². The Labute approximate surface area is 123 Å². The number of halogens is 3. The maximum atomic E-state index is 12.5. The average molecular weight is 315 g/mol. The molecule has 7 heteroatoms. The number of rotatable bonds is 3. The zero-order valence-corrected chi connectivity index (χ0v) is 12.1. The van der Waals surface area contributed by atoms with Crippen LogP contribution in [0, 0.1) is 6.92 Å². The summed E-state index contributed by atoms with van der Waals surface area (Å²) in [5, 5.41) is 0.583. The summed E-state index contributed by atoms with van der Waals surface area (Å²) in [5.41, 5.74) is 0.475. The minimum absolute atomic E-state index is 0.0550. The number of esters is 1. The first-order valence-electron chi connectivity index (χ1n) is 6.02. The molecule has 0 aliphatic carbocycles. The number of carbonyl (C=O) groups excluding carboxylic acids is 1. The zero-order valence-electron chi connectivity index (χ0n) is 11.3. The number of aromatic nitrogens is 1. The zero-order chi connectivity index (χ0) is 15.6. The molecule has 0 bridgehead atoms. The van der Waals surface area contributed by atoms with E-state index in [9.17, 15) is 18.0 Å². The Morgan fingerprint density at radius 3 is 2.43 bits per heavy atom. The number of carbonyl (C=O) groups is 1. The highest BCUT2D eigenvalue weighted by Gasteiger charge is 2.30. The number of alkyl halides is 3. The summed E-state index contributed by atoms with van der Waals surface area (Å²) in [6.07, 6.45) is -4.30. The fourth-order valence-electron chi connectivity index (χ4n) is 1.73. The van der Waals surface area contributed by atoms with Crippen LogP contribution in [0.4, 0.5) is 13.2 Å². The Morgan fingerprint density at radius 1 is 1.29 bits per heavy atom. The Kier molecular flexibility index (Phi) is 4.32. The Hall–Kier alpha value is -1.89. The van der Waals surface area contributed by atoms with Crippen LogP contribution in [0.3, 0.4) is 0 Å². The highest BCUT2D eigenvalue weighted by molar-refractivity contribution is 7.15. The van der Waals surface area contributed by atoms with Crippen LogP contribution >= 0.6 is 11.3 Å². The topological polar surface area (TPSA) is 39.2 Å². The van der Waals surface area contributed by atoms with Crippen molar-refractivity contribution in [2.45, 2.75) is 19.5 Å². The van der Waals surface area contributed by atoms with E-state index in [0.717, 1.165) is 17.0 Å². The fourth-order valence-corrected chi connectivity index (χ4v) is 2.66. The van der Waals surface area contributed by atoms with Gasteiger partial charge in [-0.3, -0.25) is 4.79 Å². The molecule has 0 atom stereocenters. The minimum atomic E-state index is -4.35. The number of nitrogens with zero attached hydrogens (tertiary/aromatic N) is 1. The molecule has 0 radical (unpaired) electrons. The maximum absolute atomic E-state index is 12.5.